The first-order chi connectivity index (χ1) is 52.7. The van der Waals surface area contributed by atoms with Gasteiger partial charge in [0.25, 0.3) is 6.33 Å². The van der Waals surface area contributed by atoms with Gasteiger partial charge in [0.05, 0.1) is 16.7 Å². The van der Waals surface area contributed by atoms with E-state index in [0.717, 1.165) is 72.3 Å². The summed E-state index contributed by atoms with van der Waals surface area (Å²) in [5.74, 6) is 1.94. The van der Waals surface area contributed by atoms with Crippen LogP contribution in [0.25, 0.3) is 117 Å². The summed E-state index contributed by atoms with van der Waals surface area (Å²) in [6, 6.07) is 143. The molecule has 0 radical (unpaired) electrons. The van der Waals surface area contributed by atoms with Gasteiger partial charge in [-0.2, -0.15) is 18.2 Å². The van der Waals surface area contributed by atoms with Gasteiger partial charge < -0.3 is 13.9 Å². The Hall–Kier alpha value is -12.4. The molecule has 15 aromatic carbocycles. The second kappa shape index (κ2) is 26.6. The topological polar surface area (TPSA) is 35.9 Å². The molecule has 0 bridgehead atoms. The average Bonchev–Trinajstić information content (AvgIpc) is 1.39. The molecule has 3 aromatic heterocycles. The zero-order chi connectivity index (χ0) is 71.4. The summed E-state index contributed by atoms with van der Waals surface area (Å²) in [7, 11) is -6.44. The minimum atomic E-state index is -3.22. The summed E-state index contributed by atoms with van der Waals surface area (Å²) in [5, 5.41) is 12.9. The molecule has 0 N–H and O–H groups in total. The van der Waals surface area contributed by atoms with Gasteiger partial charge in [-0.15, -0.1) is 29.7 Å². The van der Waals surface area contributed by atoms with Gasteiger partial charge in [0.15, 0.2) is 16.1 Å². The standard InChI is InChI=1S/C100H70N4OSi2.Pt/c1-100(2,3)70-60-61-101-98(64-70)104-90-51-19-14-44-84(90)85-59-58-73(66-93(85)104)105-72-33-28-32-71(65-72)102-67-103(92-53-21-20-52-91(92)102)99-78(68-30-26-38-76(62-68)106(74-34-6-4-7-35-74)94-54-22-15-45-86(94)80-40-10-11-41-81(80)87-46-16-23-55-95(87)106)49-29-50-79(99)69-31-27-39-77(63-69)107(75-36-8-5-9-37-75)96-56-24-17-47-88(96)82-42-12-13-43-83(82)89-48-18-25-57-97(89)107;/h4-64H,1-3H3;/q-2;. The number of hydrogen-bond acceptors (Lipinski definition) is 2. The zero-order valence-electron chi connectivity index (χ0n) is 59.7. The molecule has 20 rings (SSSR count). The number of para-hydroxylation sites is 4. The summed E-state index contributed by atoms with van der Waals surface area (Å²) in [4.78, 5) is 4.96. The Kier molecular flexibility index (Phi) is 16.3. The third kappa shape index (κ3) is 10.5. The predicted molar refractivity (Wildman–Crippen MR) is 446 cm³/mol. The third-order valence-electron chi connectivity index (χ3n) is 22.4. The van der Waals surface area contributed by atoms with Gasteiger partial charge in [-0.3, -0.25) is 4.57 Å². The molecular formula is C100H70N4OPtSi2-2. The van der Waals surface area contributed by atoms with E-state index in [9.17, 15) is 0 Å². The fraction of sp³-hybridized carbons (Fsp3) is 0.0400. The molecule has 0 atom stereocenters. The van der Waals surface area contributed by atoms with Crippen molar-refractivity contribution in [3.63, 3.8) is 0 Å². The van der Waals surface area contributed by atoms with Crippen LogP contribution < -0.4 is 50.8 Å². The van der Waals surface area contributed by atoms with Crippen molar-refractivity contribution in [2.24, 2.45) is 0 Å². The number of rotatable bonds is 11. The third-order valence-corrected chi connectivity index (χ3v) is 32.1. The van der Waals surface area contributed by atoms with E-state index in [1.54, 1.807) is 0 Å². The Bertz CT molecular complexity index is 6190. The monoisotopic (exact) mass is 1590 g/mol. The number of aromatic nitrogens is 4. The van der Waals surface area contributed by atoms with Crippen molar-refractivity contribution in [2.45, 2.75) is 26.2 Å². The van der Waals surface area contributed by atoms with E-state index >= 15 is 0 Å². The number of fused-ring (bicyclic) bond motifs is 14. The number of hydrogen-bond donors (Lipinski definition) is 0. The average molecular weight is 1590 g/mol. The summed E-state index contributed by atoms with van der Waals surface area (Å²) in [6.45, 7) is 6.71. The van der Waals surface area contributed by atoms with E-state index < -0.39 is 16.1 Å². The molecule has 8 heteroatoms. The molecule has 0 amide bonds. The smallest absolute Gasteiger partial charge is 0.268 e. The maximum Gasteiger partial charge on any atom is 0.268 e. The fourth-order valence-corrected chi connectivity index (χ4v) is 28.2. The molecule has 5 heterocycles. The fourth-order valence-electron chi connectivity index (χ4n) is 17.7. The SMILES string of the molecule is CC(C)(C)c1ccnc(-n2c3[c-]c(Oc4[c-]c(-n5[c-][n+](-c6c(-c7cccc([Si]8(c9ccccc9)c9ccccc9-c9ccccc9-c9ccccc98)c7)cccc6-c6cccc([Si]7(c8ccccc8)c8ccccc8-c8ccccc8-c8ccccc87)c6)c6ccccc65)ccc4)ccc3c3ccccc32)c1.[Pt]. The summed E-state index contributed by atoms with van der Waals surface area (Å²) in [6.07, 6.45) is 5.98. The molecule has 5 nitrogen and oxygen atoms in total. The van der Waals surface area contributed by atoms with Gasteiger partial charge in [-0.25, -0.2) is 4.98 Å². The van der Waals surface area contributed by atoms with Crippen LogP contribution in [0.2, 0.25) is 0 Å². The van der Waals surface area contributed by atoms with Gasteiger partial charge in [-0.1, -0.05) is 342 Å². The normalized spacial score (nSPS) is 13.0. The second-order valence-corrected chi connectivity index (χ2v) is 36.7. The Labute approximate surface area is 645 Å². The first-order valence-electron chi connectivity index (χ1n) is 36.8. The molecule has 0 fully saturated rings. The van der Waals surface area contributed by atoms with Crippen LogP contribution >= 0.6 is 0 Å². The Morgan fingerprint density at radius 2 is 0.778 bits per heavy atom. The first-order valence-corrected chi connectivity index (χ1v) is 40.8. The van der Waals surface area contributed by atoms with Crippen LogP contribution in [0, 0.1) is 18.5 Å². The second-order valence-electron chi connectivity index (χ2n) is 29.2. The molecule has 516 valence electrons. The van der Waals surface area contributed by atoms with E-state index in [4.69, 9.17) is 9.72 Å². The molecule has 2 aliphatic rings. The molecule has 0 saturated carbocycles. The molecule has 18 aromatic rings. The van der Waals surface area contributed by atoms with Crippen LogP contribution in [-0.4, -0.2) is 30.3 Å². The quantitative estimate of drug-likeness (QED) is 0.0735. The van der Waals surface area contributed by atoms with Crippen molar-refractivity contribution < 1.29 is 30.4 Å². The predicted octanol–water partition coefficient (Wildman–Crippen LogP) is 18.3. The van der Waals surface area contributed by atoms with Crippen LogP contribution in [0.5, 0.6) is 11.5 Å². The number of nitrogens with zero attached hydrogens (tertiary/aromatic N) is 4. The van der Waals surface area contributed by atoms with Crippen molar-refractivity contribution in [1.82, 2.24) is 14.1 Å². The van der Waals surface area contributed by atoms with Gasteiger partial charge in [0.1, 0.15) is 5.82 Å². The number of imidazole rings is 1. The Balaban J connectivity index is 0.00000794. The maximum atomic E-state index is 6.94. The van der Waals surface area contributed by atoms with Crippen molar-refractivity contribution in [1.29, 1.82) is 0 Å². The van der Waals surface area contributed by atoms with Crippen LogP contribution in [0.3, 0.4) is 0 Å². The zero-order valence-corrected chi connectivity index (χ0v) is 64.0. The minimum Gasteiger partial charge on any atom is -0.510 e. The van der Waals surface area contributed by atoms with Crippen LogP contribution in [0.15, 0.2) is 370 Å². The molecule has 2 aliphatic heterocycles. The molecule has 0 saturated heterocycles. The number of benzene rings is 15. The van der Waals surface area contributed by atoms with E-state index in [2.05, 4.69) is 399 Å². The van der Waals surface area contributed by atoms with E-state index in [-0.39, 0.29) is 26.5 Å². The minimum absolute atomic E-state index is 0. The molecule has 0 aliphatic carbocycles. The first kappa shape index (κ1) is 66.3. The summed E-state index contributed by atoms with van der Waals surface area (Å²) >= 11 is 0. The van der Waals surface area contributed by atoms with E-state index in [1.807, 2.05) is 24.4 Å². The van der Waals surface area contributed by atoms with Crippen molar-refractivity contribution >= 4 is 90.5 Å². The van der Waals surface area contributed by atoms with Gasteiger partial charge >= 0.3 is 0 Å². The van der Waals surface area contributed by atoms with Gasteiger partial charge in [-0.05, 0) is 149 Å². The molecular weight excluding hydrogens is 1520 g/mol. The summed E-state index contributed by atoms with van der Waals surface area (Å²) < 4.78 is 13.6. The Morgan fingerprint density at radius 3 is 1.31 bits per heavy atom. The number of ether oxygens (including phenoxy) is 1. The van der Waals surface area contributed by atoms with Gasteiger partial charge in [0.2, 0.25) is 0 Å². The van der Waals surface area contributed by atoms with Crippen molar-refractivity contribution in [3.05, 3.63) is 394 Å². The van der Waals surface area contributed by atoms with Crippen LogP contribution in [0.4, 0.5) is 0 Å². The molecule has 108 heavy (non-hydrogen) atoms. The largest absolute Gasteiger partial charge is 0.510 e. The van der Waals surface area contributed by atoms with E-state index in [0.29, 0.717) is 11.5 Å². The van der Waals surface area contributed by atoms with Gasteiger partial charge in [0, 0.05) is 44.3 Å². The van der Waals surface area contributed by atoms with E-state index in [1.165, 1.54) is 91.6 Å². The molecule has 0 spiro atoms. The number of pyridine rings is 1. The van der Waals surface area contributed by atoms with Crippen LogP contribution in [0.1, 0.15) is 26.3 Å². The van der Waals surface area contributed by atoms with Crippen molar-refractivity contribution in [2.75, 3.05) is 0 Å². The van der Waals surface area contributed by atoms with Crippen LogP contribution in [-0.2, 0) is 26.5 Å². The maximum absolute atomic E-state index is 6.94. The molecule has 0 unspecified atom stereocenters. The Morgan fingerprint density at radius 1 is 0.352 bits per heavy atom. The van der Waals surface area contributed by atoms with Crippen molar-refractivity contribution in [3.8, 4) is 95.5 Å². The summed E-state index contributed by atoms with van der Waals surface area (Å²) in [5.41, 5.74) is 21.2.